The molecule has 4 heteroatoms. The van der Waals surface area contributed by atoms with E-state index >= 15 is 0 Å². The standard InChI is InChI=1S/C18H28O4/c1-4-6-11-21-17(19)15-10-8-9-14(3)13-16(15)18(20)22-12-7-5-2/h8,10,14H,4-7,9,11-13H2,1-3H3. The van der Waals surface area contributed by atoms with Gasteiger partial charge in [-0.25, -0.2) is 9.59 Å². The van der Waals surface area contributed by atoms with Crippen LogP contribution in [0.4, 0.5) is 0 Å². The van der Waals surface area contributed by atoms with Crippen LogP contribution < -0.4 is 0 Å². The van der Waals surface area contributed by atoms with Gasteiger partial charge in [-0.1, -0.05) is 45.8 Å². The third-order valence-electron chi connectivity index (χ3n) is 3.63. The van der Waals surface area contributed by atoms with E-state index < -0.39 is 5.97 Å². The SMILES string of the molecule is CCCCOC(=O)C1=C(C(=O)OCCCC)CC(C)CC=C1. The first-order valence-corrected chi connectivity index (χ1v) is 8.34. The van der Waals surface area contributed by atoms with Crippen LogP contribution in [0, 0.1) is 5.92 Å². The second-order valence-corrected chi connectivity index (χ2v) is 5.82. The Hall–Kier alpha value is -1.58. The van der Waals surface area contributed by atoms with Crippen molar-refractivity contribution in [1.82, 2.24) is 0 Å². The zero-order chi connectivity index (χ0) is 16.4. The maximum absolute atomic E-state index is 12.3. The molecule has 0 heterocycles. The maximum atomic E-state index is 12.3. The van der Waals surface area contributed by atoms with Gasteiger partial charge in [0.15, 0.2) is 0 Å². The van der Waals surface area contributed by atoms with E-state index in [1.165, 1.54) is 0 Å². The van der Waals surface area contributed by atoms with Gasteiger partial charge < -0.3 is 9.47 Å². The van der Waals surface area contributed by atoms with E-state index in [-0.39, 0.29) is 5.97 Å². The van der Waals surface area contributed by atoms with Crippen molar-refractivity contribution in [3.8, 4) is 0 Å². The summed E-state index contributed by atoms with van der Waals surface area (Å²) in [6, 6.07) is 0. The van der Waals surface area contributed by atoms with Gasteiger partial charge in [0, 0.05) is 0 Å². The minimum Gasteiger partial charge on any atom is -0.462 e. The lowest BCUT2D eigenvalue weighted by atomic mass is 9.98. The van der Waals surface area contributed by atoms with Crippen LogP contribution in [0.3, 0.4) is 0 Å². The molecule has 0 amide bonds. The van der Waals surface area contributed by atoms with Crippen molar-refractivity contribution in [3.63, 3.8) is 0 Å². The molecule has 0 aromatic rings. The van der Waals surface area contributed by atoms with Gasteiger partial charge in [-0.2, -0.15) is 0 Å². The monoisotopic (exact) mass is 308 g/mol. The third-order valence-corrected chi connectivity index (χ3v) is 3.63. The van der Waals surface area contributed by atoms with E-state index in [9.17, 15) is 9.59 Å². The Morgan fingerprint density at radius 1 is 1.09 bits per heavy atom. The second-order valence-electron chi connectivity index (χ2n) is 5.82. The van der Waals surface area contributed by atoms with Gasteiger partial charge >= 0.3 is 11.9 Å². The lowest BCUT2D eigenvalue weighted by molar-refractivity contribution is -0.142. The predicted octanol–water partition coefficient (Wildman–Crippen LogP) is 3.96. The fourth-order valence-corrected chi connectivity index (χ4v) is 2.23. The Morgan fingerprint density at radius 3 is 2.27 bits per heavy atom. The van der Waals surface area contributed by atoms with E-state index in [0.29, 0.717) is 36.7 Å². The molecule has 1 aliphatic carbocycles. The number of carbonyl (C=O) groups excluding carboxylic acids is 2. The van der Waals surface area contributed by atoms with E-state index in [0.717, 1.165) is 32.1 Å². The van der Waals surface area contributed by atoms with Gasteiger partial charge in [-0.3, -0.25) is 0 Å². The fraction of sp³-hybridized carbons (Fsp3) is 0.667. The Balaban J connectivity index is 2.86. The van der Waals surface area contributed by atoms with E-state index in [1.807, 2.05) is 19.9 Å². The van der Waals surface area contributed by atoms with Crippen LogP contribution in [0.25, 0.3) is 0 Å². The highest BCUT2D eigenvalue weighted by Crippen LogP contribution is 2.25. The molecule has 0 fully saturated rings. The normalized spacial score (nSPS) is 18.0. The summed E-state index contributed by atoms with van der Waals surface area (Å²) >= 11 is 0. The average Bonchev–Trinajstić information content (AvgIpc) is 2.69. The lowest BCUT2D eigenvalue weighted by Gasteiger charge is -2.13. The summed E-state index contributed by atoms with van der Waals surface area (Å²) in [5.74, 6) is -0.485. The van der Waals surface area contributed by atoms with Crippen molar-refractivity contribution < 1.29 is 19.1 Å². The van der Waals surface area contributed by atoms with Crippen LogP contribution in [0.2, 0.25) is 0 Å². The predicted molar refractivity (Wildman–Crippen MR) is 86.3 cm³/mol. The van der Waals surface area contributed by atoms with E-state index in [2.05, 4.69) is 6.92 Å². The molecule has 4 nitrogen and oxygen atoms in total. The van der Waals surface area contributed by atoms with Gasteiger partial charge in [-0.15, -0.1) is 0 Å². The molecule has 0 radical (unpaired) electrons. The fourth-order valence-electron chi connectivity index (χ4n) is 2.23. The molecule has 0 N–H and O–H groups in total. The molecule has 0 spiro atoms. The second kappa shape index (κ2) is 10.2. The highest BCUT2D eigenvalue weighted by atomic mass is 16.5. The number of carbonyl (C=O) groups is 2. The summed E-state index contributed by atoms with van der Waals surface area (Å²) in [6.07, 6.45) is 8.64. The van der Waals surface area contributed by atoms with Crippen molar-refractivity contribution in [2.45, 2.75) is 59.3 Å². The highest BCUT2D eigenvalue weighted by molar-refractivity contribution is 6.02. The molecule has 0 aromatic carbocycles. The number of esters is 2. The van der Waals surface area contributed by atoms with Gasteiger partial charge in [0.05, 0.1) is 24.4 Å². The number of allylic oxidation sites excluding steroid dienone is 1. The highest BCUT2D eigenvalue weighted by Gasteiger charge is 2.25. The van der Waals surface area contributed by atoms with Gasteiger partial charge in [0.25, 0.3) is 0 Å². The van der Waals surface area contributed by atoms with Crippen molar-refractivity contribution in [2.75, 3.05) is 13.2 Å². The molecule has 1 unspecified atom stereocenters. The molecule has 1 rings (SSSR count). The third kappa shape index (κ3) is 6.04. The molecule has 0 saturated carbocycles. The minimum atomic E-state index is -0.416. The molecule has 22 heavy (non-hydrogen) atoms. The first-order chi connectivity index (χ1) is 10.6. The Labute approximate surface area is 133 Å². The van der Waals surface area contributed by atoms with E-state index in [1.54, 1.807) is 6.08 Å². The van der Waals surface area contributed by atoms with Crippen LogP contribution >= 0.6 is 0 Å². The summed E-state index contributed by atoms with van der Waals surface area (Å²) in [4.78, 5) is 24.5. The van der Waals surface area contributed by atoms with Crippen LogP contribution in [0.5, 0.6) is 0 Å². The van der Waals surface area contributed by atoms with Crippen molar-refractivity contribution in [3.05, 3.63) is 23.3 Å². The van der Waals surface area contributed by atoms with Crippen molar-refractivity contribution >= 4 is 11.9 Å². The summed E-state index contributed by atoms with van der Waals surface area (Å²) < 4.78 is 10.6. The van der Waals surface area contributed by atoms with Crippen LogP contribution in [0.1, 0.15) is 59.3 Å². The first-order valence-electron chi connectivity index (χ1n) is 8.34. The van der Waals surface area contributed by atoms with Crippen molar-refractivity contribution in [1.29, 1.82) is 0 Å². The first kappa shape index (κ1) is 18.5. The molecule has 0 bridgehead atoms. The maximum Gasteiger partial charge on any atom is 0.338 e. The van der Waals surface area contributed by atoms with Gasteiger partial charge in [0.1, 0.15) is 0 Å². The molecule has 1 atom stereocenters. The summed E-state index contributed by atoms with van der Waals surface area (Å²) in [5, 5.41) is 0. The Morgan fingerprint density at radius 2 is 1.68 bits per heavy atom. The summed E-state index contributed by atoms with van der Waals surface area (Å²) in [5.41, 5.74) is 0.820. The smallest absolute Gasteiger partial charge is 0.338 e. The molecule has 0 saturated heterocycles. The van der Waals surface area contributed by atoms with Crippen molar-refractivity contribution in [2.24, 2.45) is 5.92 Å². The number of hydrogen-bond acceptors (Lipinski definition) is 4. The summed E-state index contributed by atoms with van der Waals surface area (Å²) in [7, 11) is 0. The number of ether oxygens (including phenoxy) is 2. The summed E-state index contributed by atoms with van der Waals surface area (Å²) in [6.45, 7) is 6.93. The molecule has 0 aliphatic heterocycles. The molecule has 1 aliphatic rings. The largest absolute Gasteiger partial charge is 0.462 e. The average molecular weight is 308 g/mol. The zero-order valence-electron chi connectivity index (χ0n) is 14.0. The molecular formula is C18H28O4. The Bertz CT molecular complexity index is 434. The van der Waals surface area contributed by atoms with Crippen LogP contribution in [0.15, 0.2) is 23.3 Å². The van der Waals surface area contributed by atoms with Gasteiger partial charge in [-0.05, 0) is 31.6 Å². The number of unbranched alkanes of at least 4 members (excludes halogenated alkanes) is 2. The quantitative estimate of drug-likeness (QED) is 0.503. The number of rotatable bonds is 8. The molecular weight excluding hydrogens is 280 g/mol. The van der Waals surface area contributed by atoms with Crippen LogP contribution in [-0.4, -0.2) is 25.2 Å². The Kier molecular flexibility index (Phi) is 8.56. The van der Waals surface area contributed by atoms with E-state index in [4.69, 9.17) is 9.47 Å². The van der Waals surface area contributed by atoms with Crippen LogP contribution in [-0.2, 0) is 19.1 Å². The zero-order valence-corrected chi connectivity index (χ0v) is 14.0. The topological polar surface area (TPSA) is 52.6 Å². The lowest BCUT2D eigenvalue weighted by Crippen LogP contribution is -2.17. The van der Waals surface area contributed by atoms with Gasteiger partial charge in [0.2, 0.25) is 0 Å². The number of hydrogen-bond donors (Lipinski definition) is 0. The molecule has 124 valence electrons. The molecule has 0 aromatic heterocycles. The minimum absolute atomic E-state index is 0.311.